The maximum absolute atomic E-state index is 2.39. The summed E-state index contributed by atoms with van der Waals surface area (Å²) in [5.74, 6) is 0.874. The van der Waals surface area contributed by atoms with Gasteiger partial charge in [0, 0.05) is 10.5 Å². The molecule has 0 aromatic heterocycles. The summed E-state index contributed by atoms with van der Waals surface area (Å²) in [5, 5.41) is 1.84. The van der Waals surface area contributed by atoms with Crippen molar-refractivity contribution in [3.63, 3.8) is 0 Å². The van der Waals surface area contributed by atoms with Crippen LogP contribution in [-0.4, -0.2) is 10.5 Å². The Morgan fingerprint density at radius 1 is 1.25 bits per heavy atom. The van der Waals surface area contributed by atoms with Gasteiger partial charge in [-0.15, -0.1) is 0 Å². The molecule has 1 saturated carbocycles. The number of rotatable bonds is 8. The average Bonchev–Trinajstić information content (AvgIpc) is 2.87. The van der Waals surface area contributed by atoms with E-state index in [-0.39, 0.29) is 0 Å². The van der Waals surface area contributed by atoms with Crippen LogP contribution in [0.15, 0.2) is 0 Å². The smallest absolute Gasteiger partial charge is 0.0112 e. The SMILES string of the molecule is CCCCC1(CC(C)C)CC1SC(C)CC. The van der Waals surface area contributed by atoms with Gasteiger partial charge in [0.15, 0.2) is 0 Å². The standard InChI is InChI=1S/C15H30S/c1-6-8-9-15(10-12(3)4)11-14(15)16-13(5)7-2/h12-14H,6-11H2,1-5H3. The van der Waals surface area contributed by atoms with Crippen LogP contribution in [0.1, 0.15) is 73.1 Å². The van der Waals surface area contributed by atoms with Gasteiger partial charge in [-0.25, -0.2) is 0 Å². The average molecular weight is 242 g/mol. The van der Waals surface area contributed by atoms with E-state index >= 15 is 0 Å². The van der Waals surface area contributed by atoms with Gasteiger partial charge < -0.3 is 0 Å². The predicted molar refractivity (Wildman–Crippen MR) is 77.2 cm³/mol. The Morgan fingerprint density at radius 3 is 2.44 bits per heavy atom. The number of hydrogen-bond donors (Lipinski definition) is 0. The van der Waals surface area contributed by atoms with Gasteiger partial charge in [-0.1, -0.05) is 47.5 Å². The second-order valence-corrected chi connectivity index (χ2v) is 7.76. The van der Waals surface area contributed by atoms with E-state index in [0.29, 0.717) is 0 Å². The van der Waals surface area contributed by atoms with Crippen LogP contribution in [0, 0.1) is 11.3 Å². The van der Waals surface area contributed by atoms with Crippen molar-refractivity contribution in [2.45, 2.75) is 83.6 Å². The van der Waals surface area contributed by atoms with E-state index in [0.717, 1.165) is 21.8 Å². The van der Waals surface area contributed by atoms with E-state index < -0.39 is 0 Å². The molecule has 1 aliphatic carbocycles. The Hall–Kier alpha value is 0.350. The van der Waals surface area contributed by atoms with Gasteiger partial charge in [-0.3, -0.25) is 0 Å². The highest BCUT2D eigenvalue weighted by Crippen LogP contribution is 2.61. The second kappa shape index (κ2) is 6.33. The molecule has 0 bridgehead atoms. The zero-order valence-corrected chi connectivity index (χ0v) is 12.7. The Morgan fingerprint density at radius 2 is 1.94 bits per heavy atom. The maximum Gasteiger partial charge on any atom is 0.0112 e. The summed E-state index contributed by atoms with van der Waals surface area (Å²) in [6.07, 6.45) is 8.56. The first-order chi connectivity index (χ1) is 7.54. The highest BCUT2D eigenvalue weighted by atomic mass is 32.2. The summed E-state index contributed by atoms with van der Waals surface area (Å²) in [6.45, 7) is 11.8. The fraction of sp³-hybridized carbons (Fsp3) is 1.00. The minimum Gasteiger partial charge on any atom is -0.155 e. The lowest BCUT2D eigenvalue weighted by atomic mass is 9.89. The molecule has 0 N–H and O–H groups in total. The zero-order chi connectivity index (χ0) is 12.2. The molecule has 16 heavy (non-hydrogen) atoms. The molecule has 96 valence electrons. The predicted octanol–water partition coefficient (Wildman–Crippen LogP) is 5.51. The van der Waals surface area contributed by atoms with E-state index in [2.05, 4.69) is 46.4 Å². The van der Waals surface area contributed by atoms with Gasteiger partial charge >= 0.3 is 0 Å². The molecule has 1 heteroatoms. The Kier molecular flexibility index (Phi) is 5.70. The third-order valence-electron chi connectivity index (χ3n) is 3.93. The lowest BCUT2D eigenvalue weighted by Crippen LogP contribution is -2.11. The summed E-state index contributed by atoms with van der Waals surface area (Å²) in [4.78, 5) is 0. The summed E-state index contributed by atoms with van der Waals surface area (Å²) in [7, 11) is 0. The molecule has 0 aromatic rings. The van der Waals surface area contributed by atoms with Crippen LogP contribution in [0.25, 0.3) is 0 Å². The van der Waals surface area contributed by atoms with Crippen molar-refractivity contribution < 1.29 is 0 Å². The van der Waals surface area contributed by atoms with Gasteiger partial charge in [0.05, 0.1) is 0 Å². The van der Waals surface area contributed by atoms with Gasteiger partial charge in [0.25, 0.3) is 0 Å². The molecular formula is C15H30S. The molecule has 0 radical (unpaired) electrons. The molecular weight excluding hydrogens is 212 g/mol. The molecule has 3 atom stereocenters. The van der Waals surface area contributed by atoms with Gasteiger partial charge in [0.2, 0.25) is 0 Å². The topological polar surface area (TPSA) is 0 Å². The molecule has 0 nitrogen and oxygen atoms in total. The largest absolute Gasteiger partial charge is 0.155 e. The monoisotopic (exact) mass is 242 g/mol. The van der Waals surface area contributed by atoms with Crippen LogP contribution in [0.4, 0.5) is 0 Å². The zero-order valence-electron chi connectivity index (χ0n) is 11.9. The Bertz CT molecular complexity index is 200. The van der Waals surface area contributed by atoms with Gasteiger partial charge in [-0.2, -0.15) is 11.8 Å². The van der Waals surface area contributed by atoms with Crippen LogP contribution >= 0.6 is 11.8 Å². The van der Waals surface area contributed by atoms with Gasteiger partial charge in [0.1, 0.15) is 0 Å². The first kappa shape index (κ1) is 14.4. The maximum atomic E-state index is 2.39. The van der Waals surface area contributed by atoms with Crippen LogP contribution < -0.4 is 0 Å². The number of thioether (sulfide) groups is 1. The Balaban J connectivity index is 2.43. The van der Waals surface area contributed by atoms with Crippen molar-refractivity contribution in [1.82, 2.24) is 0 Å². The van der Waals surface area contributed by atoms with Crippen molar-refractivity contribution >= 4 is 11.8 Å². The van der Waals surface area contributed by atoms with E-state index in [1.54, 1.807) is 0 Å². The molecule has 0 saturated heterocycles. The summed E-state index contributed by atoms with van der Waals surface area (Å²) >= 11 is 2.26. The number of hydrogen-bond acceptors (Lipinski definition) is 1. The first-order valence-corrected chi connectivity index (χ1v) is 8.13. The molecule has 1 rings (SSSR count). The molecule has 1 aliphatic rings. The molecule has 0 aliphatic heterocycles. The second-order valence-electron chi connectivity index (χ2n) is 6.11. The Labute approximate surface area is 107 Å². The minimum atomic E-state index is 0.734. The van der Waals surface area contributed by atoms with Crippen LogP contribution in [0.3, 0.4) is 0 Å². The highest BCUT2D eigenvalue weighted by Gasteiger charge is 2.53. The van der Waals surface area contributed by atoms with Crippen molar-refractivity contribution in [3.05, 3.63) is 0 Å². The highest BCUT2D eigenvalue weighted by molar-refractivity contribution is 8.00. The van der Waals surface area contributed by atoms with E-state index in [4.69, 9.17) is 0 Å². The fourth-order valence-electron chi connectivity index (χ4n) is 2.80. The molecule has 0 heterocycles. The molecule has 0 spiro atoms. The van der Waals surface area contributed by atoms with Crippen LogP contribution in [0.2, 0.25) is 0 Å². The molecule has 0 amide bonds. The van der Waals surface area contributed by atoms with Crippen molar-refractivity contribution in [2.75, 3.05) is 0 Å². The van der Waals surface area contributed by atoms with E-state index in [9.17, 15) is 0 Å². The lowest BCUT2D eigenvalue weighted by Gasteiger charge is -2.20. The summed E-state index contributed by atoms with van der Waals surface area (Å²) in [5.41, 5.74) is 0.734. The third-order valence-corrected chi connectivity index (χ3v) is 5.72. The van der Waals surface area contributed by atoms with E-state index in [1.807, 2.05) is 0 Å². The van der Waals surface area contributed by atoms with Crippen LogP contribution in [-0.2, 0) is 0 Å². The van der Waals surface area contributed by atoms with Crippen molar-refractivity contribution in [2.24, 2.45) is 11.3 Å². The fourth-order valence-corrected chi connectivity index (χ4v) is 4.49. The number of unbranched alkanes of at least 4 members (excludes halogenated alkanes) is 1. The van der Waals surface area contributed by atoms with E-state index in [1.165, 1.54) is 38.5 Å². The first-order valence-electron chi connectivity index (χ1n) is 7.19. The summed E-state index contributed by atoms with van der Waals surface area (Å²) in [6, 6.07) is 0. The molecule has 0 aromatic carbocycles. The molecule has 3 unspecified atom stereocenters. The quantitative estimate of drug-likeness (QED) is 0.540. The lowest BCUT2D eigenvalue weighted by molar-refractivity contribution is 0.357. The normalized spacial score (nSPS) is 30.8. The van der Waals surface area contributed by atoms with Crippen LogP contribution in [0.5, 0.6) is 0 Å². The minimum absolute atomic E-state index is 0.734. The summed E-state index contributed by atoms with van der Waals surface area (Å²) < 4.78 is 0. The third kappa shape index (κ3) is 3.98. The van der Waals surface area contributed by atoms with Crippen molar-refractivity contribution in [1.29, 1.82) is 0 Å². The van der Waals surface area contributed by atoms with Crippen molar-refractivity contribution in [3.8, 4) is 0 Å². The molecule has 1 fully saturated rings. The van der Waals surface area contributed by atoms with Gasteiger partial charge in [-0.05, 0) is 37.0 Å².